The van der Waals surface area contributed by atoms with Crippen molar-refractivity contribution in [1.82, 2.24) is 4.98 Å². The van der Waals surface area contributed by atoms with Crippen molar-refractivity contribution in [3.63, 3.8) is 0 Å². The molecule has 7 nitrogen and oxygen atoms in total. The van der Waals surface area contributed by atoms with Crippen LogP contribution in [-0.4, -0.2) is 32.7 Å². The summed E-state index contributed by atoms with van der Waals surface area (Å²) in [6.07, 6.45) is 3.36. The van der Waals surface area contributed by atoms with Gasteiger partial charge in [-0.25, -0.2) is 9.19 Å². The summed E-state index contributed by atoms with van der Waals surface area (Å²) in [5.74, 6) is 0.350. The van der Waals surface area contributed by atoms with E-state index in [1.807, 2.05) is 68.6 Å². The fraction of sp³-hybridized carbons (Fsp3) is 0.296. The molecule has 1 unspecified atom stereocenters. The topological polar surface area (TPSA) is 91.0 Å². The molecular formula is C27H28N2O5S2. The number of carbonyl (C=O) groups is 1. The fourth-order valence-electron chi connectivity index (χ4n) is 3.46. The maximum Gasteiger partial charge on any atom is 0.310 e. The van der Waals surface area contributed by atoms with E-state index in [-0.39, 0.29) is 12.4 Å². The van der Waals surface area contributed by atoms with Crippen LogP contribution in [0.15, 0.2) is 62.9 Å². The average molecular weight is 525 g/mol. The number of para-hydroxylation sites is 1. The van der Waals surface area contributed by atoms with E-state index in [0.29, 0.717) is 24.0 Å². The highest BCUT2D eigenvalue weighted by Crippen LogP contribution is 2.32. The van der Waals surface area contributed by atoms with Crippen molar-refractivity contribution in [1.29, 1.82) is 0 Å². The van der Waals surface area contributed by atoms with E-state index in [2.05, 4.69) is 9.38 Å². The van der Waals surface area contributed by atoms with E-state index in [0.717, 1.165) is 33.4 Å². The molecule has 0 fully saturated rings. The Morgan fingerprint density at radius 3 is 2.81 bits per heavy atom. The molecule has 0 aliphatic rings. The minimum atomic E-state index is -1.35. The predicted octanol–water partition coefficient (Wildman–Crippen LogP) is 6.12. The number of hydrogen-bond acceptors (Lipinski definition) is 7. The molecule has 0 bridgehead atoms. The van der Waals surface area contributed by atoms with Crippen molar-refractivity contribution < 1.29 is 22.9 Å². The van der Waals surface area contributed by atoms with E-state index < -0.39 is 15.7 Å². The van der Waals surface area contributed by atoms with E-state index in [9.17, 15) is 9.00 Å². The van der Waals surface area contributed by atoms with Crippen LogP contribution in [0.3, 0.4) is 0 Å². The summed E-state index contributed by atoms with van der Waals surface area (Å²) < 4.78 is 32.9. The molecule has 9 heteroatoms. The number of thiazole rings is 1. The Kier molecular flexibility index (Phi) is 8.01. The third-order valence-corrected chi connectivity index (χ3v) is 7.32. The number of ether oxygens (including phenoxy) is 2. The van der Waals surface area contributed by atoms with Gasteiger partial charge in [0.15, 0.2) is 0 Å². The number of esters is 1. The van der Waals surface area contributed by atoms with Crippen LogP contribution in [0.1, 0.15) is 43.8 Å². The molecule has 0 aliphatic carbocycles. The van der Waals surface area contributed by atoms with Crippen molar-refractivity contribution >= 4 is 45.5 Å². The number of hydrogen-bond donors (Lipinski definition) is 0. The highest BCUT2D eigenvalue weighted by molar-refractivity contribution is 7.85. The molecule has 4 aromatic rings. The molecule has 36 heavy (non-hydrogen) atoms. The molecule has 0 saturated heterocycles. The second-order valence-corrected chi connectivity index (χ2v) is 11.9. The molecule has 0 N–H and O–H groups in total. The third kappa shape index (κ3) is 6.27. The molecule has 0 aliphatic heterocycles. The van der Waals surface area contributed by atoms with E-state index in [4.69, 9.17) is 13.9 Å². The molecule has 2 aromatic carbocycles. The summed E-state index contributed by atoms with van der Waals surface area (Å²) in [6, 6.07) is 13.4. The lowest BCUT2D eigenvalue weighted by molar-refractivity contribution is -0.142. The maximum absolute atomic E-state index is 12.2. The number of aromatic nitrogens is 1. The van der Waals surface area contributed by atoms with Crippen LogP contribution < -0.4 is 4.74 Å². The third-order valence-electron chi connectivity index (χ3n) is 5.20. The van der Waals surface area contributed by atoms with Crippen LogP contribution >= 0.6 is 11.3 Å². The smallest absolute Gasteiger partial charge is 0.310 e. The van der Waals surface area contributed by atoms with Gasteiger partial charge in [0.2, 0.25) is 0 Å². The van der Waals surface area contributed by atoms with Crippen LogP contribution in [-0.2, 0) is 33.5 Å². The Labute approximate surface area is 216 Å². The first-order valence-electron chi connectivity index (χ1n) is 11.5. The van der Waals surface area contributed by atoms with Gasteiger partial charge in [-0.1, -0.05) is 18.2 Å². The molecule has 0 saturated carbocycles. The van der Waals surface area contributed by atoms with Crippen LogP contribution in [0, 0.1) is 0 Å². The summed E-state index contributed by atoms with van der Waals surface area (Å²) >= 11 is 1.42. The predicted molar refractivity (Wildman–Crippen MR) is 144 cm³/mol. The van der Waals surface area contributed by atoms with Gasteiger partial charge in [-0.15, -0.1) is 11.3 Å². The Hall–Kier alpha value is -3.30. The van der Waals surface area contributed by atoms with Gasteiger partial charge in [-0.2, -0.15) is 4.40 Å². The van der Waals surface area contributed by atoms with Gasteiger partial charge >= 0.3 is 5.97 Å². The molecule has 2 aromatic heterocycles. The van der Waals surface area contributed by atoms with Gasteiger partial charge in [0, 0.05) is 21.9 Å². The summed E-state index contributed by atoms with van der Waals surface area (Å²) in [6.45, 7) is 8.07. The second-order valence-electron chi connectivity index (χ2n) is 9.03. The monoisotopic (exact) mass is 524 g/mol. The van der Waals surface area contributed by atoms with Gasteiger partial charge in [0.05, 0.1) is 35.9 Å². The number of fused-ring (bicyclic) bond motifs is 1. The number of benzene rings is 2. The quantitative estimate of drug-likeness (QED) is 0.193. The summed E-state index contributed by atoms with van der Waals surface area (Å²) in [4.78, 5) is 16.6. The largest absolute Gasteiger partial charge is 0.489 e. The van der Waals surface area contributed by atoms with E-state index in [1.165, 1.54) is 11.3 Å². The lowest BCUT2D eigenvalue weighted by Gasteiger charge is -2.12. The van der Waals surface area contributed by atoms with Crippen LogP contribution in [0.2, 0.25) is 0 Å². The zero-order valence-electron chi connectivity index (χ0n) is 20.6. The van der Waals surface area contributed by atoms with Gasteiger partial charge in [0.1, 0.15) is 33.9 Å². The Morgan fingerprint density at radius 1 is 1.22 bits per heavy atom. The zero-order chi connectivity index (χ0) is 25.7. The van der Waals surface area contributed by atoms with Crippen molar-refractivity contribution in [3.8, 4) is 17.0 Å². The van der Waals surface area contributed by atoms with Gasteiger partial charge in [-0.05, 0) is 57.5 Å². The molecule has 2 heterocycles. The minimum Gasteiger partial charge on any atom is -0.489 e. The summed E-state index contributed by atoms with van der Waals surface area (Å²) in [7, 11) is -1.35. The molecule has 4 rings (SSSR count). The number of carbonyl (C=O) groups excluding carboxylic acids is 1. The average Bonchev–Trinajstić information content (AvgIpc) is 3.50. The molecule has 0 amide bonds. The number of rotatable bonds is 9. The Bertz CT molecular complexity index is 1420. The minimum absolute atomic E-state index is 0.152. The van der Waals surface area contributed by atoms with Crippen molar-refractivity contribution in [3.05, 3.63) is 70.2 Å². The lowest BCUT2D eigenvalue weighted by Crippen LogP contribution is -2.19. The first-order valence-corrected chi connectivity index (χ1v) is 13.5. The van der Waals surface area contributed by atoms with Gasteiger partial charge < -0.3 is 13.9 Å². The standard InChI is InChI=1S/C27H28N2O5S2/c1-5-32-25(30)14-19-8-6-7-9-23(19)34-16-18-12-20-10-11-33-26(20)21(13-18)22-17-35-24(29-22)15-28-36(31)27(2,3)4/h6-13,15,17H,5,14,16H2,1-4H3. The molecule has 0 radical (unpaired) electrons. The fourth-order valence-corrected chi connectivity index (χ4v) is 4.71. The highest BCUT2D eigenvalue weighted by Gasteiger charge is 2.19. The molecular weight excluding hydrogens is 496 g/mol. The summed E-state index contributed by atoms with van der Waals surface area (Å²) in [5.41, 5.74) is 4.02. The van der Waals surface area contributed by atoms with Crippen LogP contribution in [0.4, 0.5) is 0 Å². The van der Waals surface area contributed by atoms with Crippen molar-refractivity contribution in [2.24, 2.45) is 4.40 Å². The van der Waals surface area contributed by atoms with Crippen molar-refractivity contribution in [2.45, 2.75) is 45.5 Å². The number of nitrogens with zero attached hydrogens (tertiary/aromatic N) is 2. The van der Waals surface area contributed by atoms with Crippen LogP contribution in [0.25, 0.3) is 22.2 Å². The Morgan fingerprint density at radius 2 is 2.03 bits per heavy atom. The number of furan rings is 1. The molecule has 1 atom stereocenters. The molecule has 0 spiro atoms. The van der Waals surface area contributed by atoms with Crippen LogP contribution in [0.5, 0.6) is 5.75 Å². The maximum atomic E-state index is 12.2. The Balaban J connectivity index is 1.57. The summed E-state index contributed by atoms with van der Waals surface area (Å²) in [5, 5.41) is 3.53. The van der Waals surface area contributed by atoms with Gasteiger partial charge in [0.25, 0.3) is 0 Å². The molecule has 188 valence electrons. The SMILES string of the molecule is CCOC(=O)Cc1ccccc1OCc1cc(-c2csc(C=NS(=O)C(C)(C)C)n2)c2occc2c1. The van der Waals surface area contributed by atoms with Gasteiger partial charge in [-0.3, -0.25) is 4.79 Å². The van der Waals surface area contributed by atoms with E-state index >= 15 is 0 Å². The second kappa shape index (κ2) is 11.2. The zero-order valence-corrected chi connectivity index (χ0v) is 22.3. The van der Waals surface area contributed by atoms with E-state index in [1.54, 1.807) is 19.4 Å². The highest BCUT2D eigenvalue weighted by atomic mass is 32.2. The van der Waals surface area contributed by atoms with Crippen molar-refractivity contribution in [2.75, 3.05) is 6.61 Å². The lowest BCUT2D eigenvalue weighted by atomic mass is 10.1. The first kappa shape index (κ1) is 25.8. The normalized spacial score (nSPS) is 12.8. The first-order chi connectivity index (χ1) is 17.2.